The first-order valence-corrected chi connectivity index (χ1v) is 12.1. The molecule has 0 aliphatic carbocycles. The zero-order valence-corrected chi connectivity index (χ0v) is 22.4. The molecule has 41 heavy (non-hydrogen) atoms. The summed E-state index contributed by atoms with van der Waals surface area (Å²) in [6.07, 6.45) is -5.27. The molecule has 1 aromatic heterocycles. The maximum Gasteiger partial charge on any atom is 0.424 e. The molecule has 0 spiro atoms. The van der Waals surface area contributed by atoms with Gasteiger partial charge in [-0.3, -0.25) is 9.59 Å². The first kappa shape index (κ1) is 30.9. The number of aliphatic hydroxyl groups is 1. The van der Waals surface area contributed by atoms with E-state index in [2.05, 4.69) is 10.3 Å². The minimum absolute atomic E-state index is 0.0246. The Hall–Kier alpha value is -4.67. The molecule has 0 saturated carbocycles. The number of primary amides is 1. The number of ether oxygens (including phenoxy) is 2. The van der Waals surface area contributed by atoms with Crippen molar-refractivity contribution in [2.45, 2.75) is 31.2 Å². The Bertz CT molecular complexity index is 1480. The number of aromatic nitrogens is 1. The first-order chi connectivity index (χ1) is 19.1. The van der Waals surface area contributed by atoms with E-state index in [1.54, 1.807) is 13.8 Å². The van der Waals surface area contributed by atoms with Crippen molar-refractivity contribution < 1.29 is 37.3 Å². The van der Waals surface area contributed by atoms with E-state index in [1.807, 2.05) is 6.07 Å². The summed E-state index contributed by atoms with van der Waals surface area (Å²) >= 11 is 0. The largest absolute Gasteiger partial charge is 0.493 e. The topological polar surface area (TPSA) is 174 Å². The van der Waals surface area contributed by atoms with Crippen LogP contribution in [0.5, 0.6) is 11.5 Å². The van der Waals surface area contributed by atoms with Gasteiger partial charge in [-0.15, -0.1) is 0 Å². The van der Waals surface area contributed by atoms with Crippen molar-refractivity contribution >= 4 is 11.8 Å². The molecule has 1 atom stereocenters. The number of carbonyl (C=O) groups is 2. The number of pyridine rings is 1. The molecule has 0 saturated heterocycles. The van der Waals surface area contributed by atoms with E-state index in [4.69, 9.17) is 26.2 Å². The third kappa shape index (κ3) is 7.10. The number of methoxy groups -OCH3 is 1. The van der Waals surface area contributed by atoms with Gasteiger partial charge in [-0.05, 0) is 61.9 Å². The maximum atomic E-state index is 14.4. The Morgan fingerprint density at radius 2 is 1.73 bits per heavy atom. The van der Waals surface area contributed by atoms with Crippen molar-refractivity contribution in [2.24, 2.45) is 11.5 Å². The molecule has 2 amide bonds. The summed E-state index contributed by atoms with van der Waals surface area (Å²) in [7, 11) is 1.26. The number of alkyl halides is 3. The van der Waals surface area contributed by atoms with Crippen LogP contribution in [0.15, 0.2) is 54.6 Å². The lowest BCUT2D eigenvalue weighted by Gasteiger charge is -2.32. The predicted molar refractivity (Wildman–Crippen MR) is 142 cm³/mol. The molecule has 0 aliphatic rings. The van der Waals surface area contributed by atoms with Crippen LogP contribution in [0.3, 0.4) is 0 Å². The molecule has 0 fully saturated rings. The Morgan fingerprint density at radius 3 is 2.27 bits per heavy atom. The zero-order chi connectivity index (χ0) is 30.6. The average Bonchev–Trinajstić information content (AvgIpc) is 2.93. The summed E-state index contributed by atoms with van der Waals surface area (Å²) in [5.41, 5.74) is 6.66. The summed E-state index contributed by atoms with van der Waals surface area (Å²) in [6, 6.07) is 14.2. The smallest absolute Gasteiger partial charge is 0.424 e. The van der Waals surface area contributed by atoms with Crippen molar-refractivity contribution in [1.82, 2.24) is 10.3 Å². The predicted octanol–water partition coefficient (Wildman–Crippen LogP) is 2.87. The van der Waals surface area contributed by atoms with Crippen molar-refractivity contribution in [3.05, 3.63) is 77.0 Å². The first-order valence-electron chi connectivity index (χ1n) is 12.1. The molecular formula is C28H28F3N5O5. The highest BCUT2D eigenvalue weighted by Gasteiger charge is 2.56. The maximum absolute atomic E-state index is 14.4. The molecule has 13 heteroatoms. The second-order valence-electron chi connectivity index (χ2n) is 9.70. The van der Waals surface area contributed by atoms with Gasteiger partial charge in [-0.1, -0.05) is 12.1 Å². The Kier molecular flexibility index (Phi) is 8.90. The van der Waals surface area contributed by atoms with E-state index in [0.717, 1.165) is 6.07 Å². The number of hydrogen-bond donors (Lipinski definition) is 4. The van der Waals surface area contributed by atoms with E-state index in [9.17, 15) is 27.9 Å². The molecule has 1 unspecified atom stereocenters. The van der Waals surface area contributed by atoms with Crippen LogP contribution in [0.25, 0.3) is 11.3 Å². The molecule has 3 aromatic rings. The fraction of sp³-hybridized carbons (Fsp3) is 0.286. The molecular weight excluding hydrogens is 543 g/mol. The van der Waals surface area contributed by atoms with Gasteiger partial charge >= 0.3 is 6.18 Å². The van der Waals surface area contributed by atoms with Crippen LogP contribution >= 0.6 is 0 Å². The van der Waals surface area contributed by atoms with Gasteiger partial charge in [0.05, 0.1) is 36.7 Å². The SMILES string of the molecule is COc1cc(C(=O)NCC(O)(c2cc(C(C)(C)N)cc(-c3ccc(C#N)cc3)n2)C(F)(F)F)ccc1OCC(N)=O. The van der Waals surface area contributed by atoms with Gasteiger partial charge in [-0.2, -0.15) is 18.4 Å². The minimum Gasteiger partial charge on any atom is -0.493 e. The lowest BCUT2D eigenvalue weighted by Crippen LogP contribution is -2.51. The highest BCUT2D eigenvalue weighted by molar-refractivity contribution is 5.95. The van der Waals surface area contributed by atoms with Crippen LogP contribution in [0.2, 0.25) is 0 Å². The van der Waals surface area contributed by atoms with Gasteiger partial charge in [0.1, 0.15) is 0 Å². The summed E-state index contributed by atoms with van der Waals surface area (Å²) in [4.78, 5) is 27.9. The van der Waals surface area contributed by atoms with Crippen LogP contribution in [-0.4, -0.2) is 48.3 Å². The van der Waals surface area contributed by atoms with Gasteiger partial charge in [0, 0.05) is 16.7 Å². The van der Waals surface area contributed by atoms with Gasteiger partial charge < -0.3 is 31.4 Å². The van der Waals surface area contributed by atoms with Crippen LogP contribution in [-0.2, 0) is 15.9 Å². The normalized spacial score (nSPS) is 13.0. The number of hydrogen-bond acceptors (Lipinski definition) is 8. The molecule has 0 bridgehead atoms. The second-order valence-corrected chi connectivity index (χ2v) is 9.70. The van der Waals surface area contributed by atoms with Gasteiger partial charge in [0.2, 0.25) is 5.60 Å². The highest BCUT2D eigenvalue weighted by atomic mass is 19.4. The van der Waals surface area contributed by atoms with Crippen molar-refractivity contribution in [3.8, 4) is 28.8 Å². The van der Waals surface area contributed by atoms with E-state index in [0.29, 0.717) is 11.1 Å². The van der Waals surface area contributed by atoms with Crippen molar-refractivity contribution in [3.63, 3.8) is 0 Å². The number of nitrogens with two attached hydrogens (primary N) is 2. The fourth-order valence-corrected chi connectivity index (χ4v) is 3.70. The number of nitrogens with zero attached hydrogens (tertiary/aromatic N) is 2. The van der Waals surface area contributed by atoms with Crippen LogP contribution in [0.1, 0.15) is 41.0 Å². The van der Waals surface area contributed by atoms with Gasteiger partial charge in [-0.25, -0.2) is 4.98 Å². The summed E-state index contributed by atoms with van der Waals surface area (Å²) in [5, 5.41) is 22.2. The summed E-state index contributed by atoms with van der Waals surface area (Å²) in [6.45, 7) is 1.41. The van der Waals surface area contributed by atoms with E-state index in [1.165, 1.54) is 55.6 Å². The van der Waals surface area contributed by atoms with Gasteiger partial charge in [0.25, 0.3) is 11.8 Å². The molecule has 1 heterocycles. The molecule has 0 radical (unpaired) electrons. The second kappa shape index (κ2) is 11.8. The van der Waals surface area contributed by atoms with Crippen LogP contribution in [0.4, 0.5) is 13.2 Å². The van der Waals surface area contributed by atoms with Crippen molar-refractivity contribution in [1.29, 1.82) is 5.26 Å². The van der Waals surface area contributed by atoms with Gasteiger partial charge in [0.15, 0.2) is 18.1 Å². The van der Waals surface area contributed by atoms with E-state index < -0.39 is 48.0 Å². The number of nitriles is 1. The van der Waals surface area contributed by atoms with Crippen molar-refractivity contribution in [2.75, 3.05) is 20.3 Å². The highest BCUT2D eigenvalue weighted by Crippen LogP contribution is 2.40. The number of carbonyl (C=O) groups excluding carboxylic acids is 2. The molecule has 6 N–H and O–H groups in total. The summed E-state index contributed by atoms with van der Waals surface area (Å²) in [5.74, 6) is -1.61. The number of rotatable bonds is 10. The zero-order valence-electron chi connectivity index (χ0n) is 22.4. The Balaban J connectivity index is 2.00. The monoisotopic (exact) mass is 571 g/mol. The van der Waals surface area contributed by atoms with E-state index >= 15 is 0 Å². The van der Waals surface area contributed by atoms with Crippen LogP contribution in [0, 0.1) is 11.3 Å². The quantitative estimate of drug-likeness (QED) is 0.287. The fourth-order valence-electron chi connectivity index (χ4n) is 3.70. The molecule has 0 aliphatic heterocycles. The van der Waals surface area contributed by atoms with E-state index in [-0.39, 0.29) is 28.3 Å². The lowest BCUT2D eigenvalue weighted by atomic mass is 9.89. The molecule has 3 rings (SSSR count). The standard InChI is InChI=1S/C28H28F3N5O5/c1-26(2,34)19-11-20(17-6-4-16(13-32)5-7-17)36-23(12-19)27(39,28(29,30)31)15-35-25(38)18-8-9-21(22(10-18)40-3)41-14-24(33)37/h4-12,39H,14-15,34H2,1-3H3,(H2,33,37)(H,35,38). The Morgan fingerprint density at radius 1 is 1.07 bits per heavy atom. The number of amides is 2. The molecule has 2 aromatic carbocycles. The summed E-state index contributed by atoms with van der Waals surface area (Å²) < 4.78 is 53.6. The number of benzene rings is 2. The average molecular weight is 572 g/mol. The minimum atomic E-state index is -5.27. The molecule has 10 nitrogen and oxygen atoms in total. The lowest BCUT2D eigenvalue weighted by molar-refractivity contribution is -0.265. The number of nitrogens with one attached hydrogen (secondary N) is 1. The third-order valence-electron chi connectivity index (χ3n) is 6.07. The molecule has 216 valence electrons. The third-order valence-corrected chi connectivity index (χ3v) is 6.07. The van der Waals surface area contributed by atoms with Crippen LogP contribution < -0.4 is 26.3 Å². The Labute approximate surface area is 233 Å². The number of halogens is 3.